The fraction of sp³-hybridized carbons (Fsp3) is 0.217. The van der Waals surface area contributed by atoms with Crippen LogP contribution >= 0.6 is 23.2 Å². The van der Waals surface area contributed by atoms with Gasteiger partial charge in [0.15, 0.2) is 15.6 Å². The summed E-state index contributed by atoms with van der Waals surface area (Å²) in [6, 6.07) is 12.3. The van der Waals surface area contributed by atoms with Crippen LogP contribution in [0, 0.1) is 13.8 Å². The van der Waals surface area contributed by atoms with E-state index in [0.29, 0.717) is 22.0 Å². The van der Waals surface area contributed by atoms with E-state index in [1.807, 2.05) is 0 Å². The molecule has 0 atom stereocenters. The highest BCUT2D eigenvalue weighted by atomic mass is 35.5. The van der Waals surface area contributed by atoms with Gasteiger partial charge in [0.1, 0.15) is 17.4 Å². The Labute approximate surface area is 196 Å². The van der Waals surface area contributed by atoms with Crippen molar-refractivity contribution in [2.45, 2.75) is 37.3 Å². The van der Waals surface area contributed by atoms with Crippen molar-refractivity contribution < 1.29 is 18.0 Å². The molecule has 0 aliphatic rings. The Balaban J connectivity index is 1.65. The molecule has 9 heteroatoms. The fourth-order valence-electron chi connectivity index (χ4n) is 3.21. The summed E-state index contributed by atoms with van der Waals surface area (Å²) in [5.74, 6) is -0.782. The van der Waals surface area contributed by atoms with Crippen molar-refractivity contribution in [2.24, 2.45) is 0 Å². The van der Waals surface area contributed by atoms with E-state index >= 15 is 0 Å². The number of benzene rings is 2. The van der Waals surface area contributed by atoms with Crippen molar-refractivity contribution in [2.75, 3.05) is 0 Å². The summed E-state index contributed by atoms with van der Waals surface area (Å²) in [7, 11) is -3.64. The third-order valence-corrected chi connectivity index (χ3v) is 6.80. The van der Waals surface area contributed by atoms with Gasteiger partial charge in [-0.2, -0.15) is 0 Å². The molecule has 3 aromatic rings. The van der Waals surface area contributed by atoms with Gasteiger partial charge in [0.05, 0.1) is 16.3 Å². The van der Waals surface area contributed by atoms with Gasteiger partial charge in [0.25, 0.3) is 0 Å². The quantitative estimate of drug-likeness (QED) is 0.333. The number of aromatic nitrogens is 2. The van der Waals surface area contributed by atoms with Crippen molar-refractivity contribution in [1.82, 2.24) is 9.97 Å². The maximum atomic E-state index is 12.7. The van der Waals surface area contributed by atoms with Gasteiger partial charge in [-0.25, -0.2) is 18.4 Å². The van der Waals surface area contributed by atoms with Gasteiger partial charge in [-0.05, 0) is 55.8 Å². The molecule has 1 heterocycles. The molecule has 2 aromatic carbocycles. The van der Waals surface area contributed by atoms with E-state index in [9.17, 15) is 18.0 Å². The molecule has 0 saturated heterocycles. The van der Waals surface area contributed by atoms with Crippen LogP contribution in [0.3, 0.4) is 0 Å². The number of carbonyl (C=O) groups excluding carboxylic acids is 2. The second-order valence-electron chi connectivity index (χ2n) is 7.41. The van der Waals surface area contributed by atoms with Crippen LogP contribution in [0.15, 0.2) is 53.4 Å². The Kier molecular flexibility index (Phi) is 7.44. The van der Waals surface area contributed by atoms with Crippen molar-refractivity contribution in [3.63, 3.8) is 0 Å². The number of hydrogen-bond donors (Lipinski definition) is 0. The Morgan fingerprint density at radius 1 is 0.906 bits per heavy atom. The number of nitrogens with zero attached hydrogens (tertiary/aromatic N) is 2. The van der Waals surface area contributed by atoms with Gasteiger partial charge < -0.3 is 0 Å². The molecule has 0 saturated carbocycles. The molecule has 166 valence electrons. The van der Waals surface area contributed by atoms with E-state index in [2.05, 4.69) is 9.97 Å². The number of hydrogen-bond acceptors (Lipinski definition) is 6. The lowest BCUT2D eigenvalue weighted by molar-refractivity contribution is -0.117. The summed E-state index contributed by atoms with van der Waals surface area (Å²) in [6.45, 7) is 3.56. The summed E-state index contributed by atoms with van der Waals surface area (Å²) in [4.78, 5) is 33.2. The summed E-state index contributed by atoms with van der Waals surface area (Å²) in [5.41, 5.74) is 2.24. The van der Waals surface area contributed by atoms with Crippen molar-refractivity contribution in [1.29, 1.82) is 0 Å². The van der Waals surface area contributed by atoms with E-state index in [1.54, 1.807) is 32.0 Å². The van der Waals surface area contributed by atoms with Crippen LogP contribution < -0.4 is 0 Å². The first-order chi connectivity index (χ1) is 15.0. The molecule has 3 rings (SSSR count). The second-order valence-corrected chi connectivity index (χ2v) is 10.2. The van der Waals surface area contributed by atoms with Crippen molar-refractivity contribution in [3.05, 3.63) is 86.9 Å². The molecule has 1 aromatic heterocycles. The van der Waals surface area contributed by atoms with Crippen LogP contribution in [-0.4, -0.2) is 30.0 Å². The van der Waals surface area contributed by atoms with E-state index in [1.165, 1.54) is 30.3 Å². The molecule has 0 unspecified atom stereocenters. The SMILES string of the molecule is Cc1cc(C)nc(CS(=O)(=O)c2ccc(CC(=O)CC(=O)c3ccc(Cl)cc3Cl)cc2)n1. The molecule has 32 heavy (non-hydrogen) atoms. The number of rotatable bonds is 8. The standard InChI is InChI=1S/C23H20Cl2N2O4S/c1-14-9-15(2)27-23(26-14)13-32(30,31)19-6-3-16(4-7-19)10-18(28)12-22(29)20-8-5-17(24)11-21(20)25/h3-9,11H,10,12-13H2,1-2H3. The molecule has 0 aliphatic carbocycles. The third kappa shape index (κ3) is 6.22. The number of sulfone groups is 1. The Hall–Kier alpha value is -2.61. The first kappa shape index (κ1) is 24.0. The highest BCUT2D eigenvalue weighted by Crippen LogP contribution is 2.23. The number of Topliss-reactive ketones (excluding diaryl/α,β-unsaturated/α-hetero) is 2. The van der Waals surface area contributed by atoms with Gasteiger partial charge in [0.2, 0.25) is 0 Å². The molecule has 0 aliphatic heterocycles. The highest BCUT2D eigenvalue weighted by Gasteiger charge is 2.19. The zero-order valence-electron chi connectivity index (χ0n) is 17.4. The molecule has 0 bridgehead atoms. The predicted molar refractivity (Wildman–Crippen MR) is 123 cm³/mol. The second kappa shape index (κ2) is 9.90. The van der Waals surface area contributed by atoms with Gasteiger partial charge in [-0.15, -0.1) is 0 Å². The molecule has 0 fully saturated rings. The lowest BCUT2D eigenvalue weighted by Gasteiger charge is -2.07. The van der Waals surface area contributed by atoms with Crippen LogP contribution in [-0.2, 0) is 26.8 Å². The van der Waals surface area contributed by atoms with Gasteiger partial charge >= 0.3 is 0 Å². The minimum Gasteiger partial charge on any atom is -0.299 e. The monoisotopic (exact) mass is 490 g/mol. The zero-order valence-corrected chi connectivity index (χ0v) is 19.8. The van der Waals surface area contributed by atoms with Crippen LogP contribution in [0.2, 0.25) is 10.0 Å². The summed E-state index contributed by atoms with van der Waals surface area (Å²) in [5, 5.41) is 0.592. The highest BCUT2D eigenvalue weighted by molar-refractivity contribution is 7.90. The number of aryl methyl sites for hydroxylation is 2. The minimum absolute atomic E-state index is 0.00252. The summed E-state index contributed by atoms with van der Waals surface area (Å²) in [6.07, 6.45) is -0.317. The molecular weight excluding hydrogens is 471 g/mol. The summed E-state index contributed by atoms with van der Waals surface area (Å²) >= 11 is 11.8. The Morgan fingerprint density at radius 3 is 2.12 bits per heavy atom. The molecule has 0 amide bonds. The molecular formula is C23H20Cl2N2O4S. The van der Waals surface area contributed by atoms with Crippen LogP contribution in [0.4, 0.5) is 0 Å². The molecule has 6 nitrogen and oxygen atoms in total. The Bertz CT molecular complexity index is 1270. The first-order valence-corrected chi connectivity index (χ1v) is 12.1. The minimum atomic E-state index is -3.64. The molecule has 0 radical (unpaired) electrons. The van der Waals surface area contributed by atoms with E-state index in [0.717, 1.165) is 0 Å². The summed E-state index contributed by atoms with van der Waals surface area (Å²) < 4.78 is 25.4. The molecule has 0 N–H and O–H groups in total. The normalized spacial score (nSPS) is 11.4. The van der Waals surface area contributed by atoms with E-state index in [-0.39, 0.29) is 45.7 Å². The average molecular weight is 491 g/mol. The van der Waals surface area contributed by atoms with Gasteiger partial charge in [-0.1, -0.05) is 35.3 Å². The topological polar surface area (TPSA) is 94.1 Å². The van der Waals surface area contributed by atoms with Crippen LogP contribution in [0.5, 0.6) is 0 Å². The fourth-order valence-corrected chi connectivity index (χ4v) is 4.91. The third-order valence-electron chi connectivity index (χ3n) is 4.62. The number of carbonyl (C=O) groups is 2. The van der Waals surface area contributed by atoms with Crippen LogP contribution in [0.25, 0.3) is 0 Å². The average Bonchev–Trinajstić information content (AvgIpc) is 2.67. The van der Waals surface area contributed by atoms with Crippen LogP contribution in [0.1, 0.15) is 39.6 Å². The Morgan fingerprint density at radius 2 is 1.53 bits per heavy atom. The van der Waals surface area contributed by atoms with Gasteiger partial charge in [-0.3, -0.25) is 9.59 Å². The maximum Gasteiger partial charge on any atom is 0.185 e. The number of halogens is 2. The lowest BCUT2D eigenvalue weighted by atomic mass is 10.0. The lowest BCUT2D eigenvalue weighted by Crippen LogP contribution is -2.12. The van der Waals surface area contributed by atoms with Crippen molar-refractivity contribution >= 4 is 44.6 Å². The molecule has 0 spiro atoms. The van der Waals surface area contributed by atoms with Gasteiger partial charge in [0, 0.05) is 28.4 Å². The first-order valence-electron chi connectivity index (χ1n) is 9.66. The van der Waals surface area contributed by atoms with E-state index < -0.39 is 15.6 Å². The zero-order chi connectivity index (χ0) is 23.5. The van der Waals surface area contributed by atoms with Crippen molar-refractivity contribution in [3.8, 4) is 0 Å². The maximum absolute atomic E-state index is 12.7. The largest absolute Gasteiger partial charge is 0.299 e. The van der Waals surface area contributed by atoms with E-state index in [4.69, 9.17) is 23.2 Å². The smallest absolute Gasteiger partial charge is 0.185 e. The predicted octanol–water partition coefficient (Wildman–Crippen LogP) is 4.76. The number of ketones is 2.